The summed E-state index contributed by atoms with van der Waals surface area (Å²) >= 11 is 1.66. The van der Waals surface area contributed by atoms with Gasteiger partial charge < -0.3 is 14.4 Å². The molecule has 1 aliphatic rings. The molecule has 14 heavy (non-hydrogen) atoms. The quantitative estimate of drug-likeness (QED) is 0.758. The summed E-state index contributed by atoms with van der Waals surface area (Å²) in [6, 6.07) is 0. The summed E-state index contributed by atoms with van der Waals surface area (Å²) in [5.41, 5.74) is 0. The molecule has 0 spiro atoms. The van der Waals surface area contributed by atoms with Crippen molar-refractivity contribution in [2.75, 3.05) is 27.3 Å². The van der Waals surface area contributed by atoms with Gasteiger partial charge in [-0.05, 0) is 14.1 Å². The van der Waals surface area contributed by atoms with Gasteiger partial charge in [-0.1, -0.05) is 0 Å². The summed E-state index contributed by atoms with van der Waals surface area (Å²) in [4.78, 5) is 7.48. The van der Waals surface area contributed by atoms with Crippen LogP contribution in [0.2, 0.25) is 0 Å². The molecule has 78 valence electrons. The molecular weight excluding hydrogens is 200 g/mol. The molecule has 0 N–H and O–H groups in total. The fourth-order valence-corrected chi connectivity index (χ4v) is 2.34. The maximum absolute atomic E-state index is 5.39. The first kappa shape index (κ1) is 10.0. The Labute approximate surface area is 87.5 Å². The predicted molar refractivity (Wildman–Crippen MR) is 54.2 cm³/mol. The maximum Gasteiger partial charge on any atom is 0.194 e. The Morgan fingerprint density at radius 2 is 2.21 bits per heavy atom. The fraction of sp³-hybridized carbons (Fsp3) is 0.667. The Morgan fingerprint density at radius 1 is 1.50 bits per heavy atom. The summed E-state index contributed by atoms with van der Waals surface area (Å²) in [5.74, 6) is 0. The van der Waals surface area contributed by atoms with E-state index in [0.717, 1.165) is 16.4 Å². The highest BCUT2D eigenvalue weighted by Gasteiger charge is 2.20. The van der Waals surface area contributed by atoms with Crippen molar-refractivity contribution in [2.45, 2.75) is 12.8 Å². The minimum Gasteiger partial charge on any atom is -0.345 e. The molecule has 0 radical (unpaired) electrons. The highest BCUT2D eigenvalue weighted by molar-refractivity contribution is 7.11. The van der Waals surface area contributed by atoms with Crippen LogP contribution < -0.4 is 0 Å². The van der Waals surface area contributed by atoms with Crippen LogP contribution in [0.3, 0.4) is 0 Å². The van der Waals surface area contributed by atoms with Gasteiger partial charge in [0.2, 0.25) is 0 Å². The Bertz CT molecular complexity index is 295. The van der Waals surface area contributed by atoms with Crippen LogP contribution in [-0.2, 0) is 16.0 Å². The Kier molecular flexibility index (Phi) is 3.12. The first-order valence-electron chi connectivity index (χ1n) is 4.58. The van der Waals surface area contributed by atoms with Crippen LogP contribution in [0.4, 0.5) is 0 Å². The van der Waals surface area contributed by atoms with E-state index in [9.17, 15) is 0 Å². The zero-order chi connectivity index (χ0) is 9.97. The standard InChI is InChI=1S/C9H14N2O2S/c1-11(2)6-8-10-5-7(14-8)9-12-3-4-13-9/h5,9H,3-4,6H2,1-2H3. The molecule has 4 nitrogen and oxygen atoms in total. The van der Waals surface area contributed by atoms with E-state index in [1.165, 1.54) is 0 Å². The predicted octanol–water partition coefficient (Wildman–Crippen LogP) is 1.25. The fourth-order valence-electron chi connectivity index (χ4n) is 1.30. The molecule has 0 saturated carbocycles. The average Bonchev–Trinajstić information content (AvgIpc) is 2.69. The van der Waals surface area contributed by atoms with Gasteiger partial charge in [0.05, 0.1) is 18.1 Å². The van der Waals surface area contributed by atoms with Crippen LogP contribution in [-0.4, -0.2) is 37.2 Å². The largest absolute Gasteiger partial charge is 0.345 e. The second-order valence-electron chi connectivity index (χ2n) is 3.47. The Morgan fingerprint density at radius 3 is 2.86 bits per heavy atom. The first-order chi connectivity index (χ1) is 6.75. The molecule has 1 saturated heterocycles. The van der Waals surface area contributed by atoms with E-state index < -0.39 is 0 Å². The number of thiazole rings is 1. The maximum atomic E-state index is 5.39. The molecule has 1 fully saturated rings. The van der Waals surface area contributed by atoms with Gasteiger partial charge in [-0.2, -0.15) is 0 Å². The summed E-state index contributed by atoms with van der Waals surface area (Å²) in [6.07, 6.45) is 1.67. The van der Waals surface area contributed by atoms with Gasteiger partial charge in [0.25, 0.3) is 0 Å². The lowest BCUT2D eigenvalue weighted by Gasteiger charge is -2.06. The zero-order valence-electron chi connectivity index (χ0n) is 8.40. The molecular formula is C9H14N2O2S. The molecule has 0 aliphatic carbocycles. The van der Waals surface area contributed by atoms with Crippen molar-refractivity contribution in [1.29, 1.82) is 0 Å². The average molecular weight is 214 g/mol. The van der Waals surface area contributed by atoms with Gasteiger partial charge in [-0.15, -0.1) is 11.3 Å². The lowest BCUT2D eigenvalue weighted by molar-refractivity contribution is -0.0414. The molecule has 0 amide bonds. The van der Waals surface area contributed by atoms with E-state index in [4.69, 9.17) is 9.47 Å². The highest BCUT2D eigenvalue weighted by atomic mass is 32.1. The van der Waals surface area contributed by atoms with Crippen LogP contribution in [0.1, 0.15) is 16.2 Å². The van der Waals surface area contributed by atoms with Gasteiger partial charge >= 0.3 is 0 Å². The van der Waals surface area contributed by atoms with Crippen molar-refractivity contribution in [1.82, 2.24) is 9.88 Å². The van der Waals surface area contributed by atoms with Crippen molar-refractivity contribution in [3.05, 3.63) is 16.1 Å². The summed E-state index contributed by atoms with van der Waals surface area (Å²) in [7, 11) is 4.06. The smallest absolute Gasteiger partial charge is 0.194 e. The number of aromatic nitrogens is 1. The van der Waals surface area contributed by atoms with Gasteiger partial charge in [0.15, 0.2) is 6.29 Å². The van der Waals surface area contributed by atoms with E-state index in [-0.39, 0.29) is 6.29 Å². The van der Waals surface area contributed by atoms with Crippen molar-refractivity contribution in [3.8, 4) is 0 Å². The van der Waals surface area contributed by atoms with Crippen LogP contribution in [0.15, 0.2) is 6.20 Å². The van der Waals surface area contributed by atoms with Crippen molar-refractivity contribution >= 4 is 11.3 Å². The molecule has 2 heterocycles. The number of hydrogen-bond donors (Lipinski definition) is 0. The van der Waals surface area contributed by atoms with E-state index in [1.807, 2.05) is 20.3 Å². The van der Waals surface area contributed by atoms with Crippen LogP contribution in [0.25, 0.3) is 0 Å². The molecule has 0 unspecified atom stereocenters. The highest BCUT2D eigenvalue weighted by Crippen LogP contribution is 2.28. The normalized spacial score (nSPS) is 18.2. The number of rotatable bonds is 3. The molecule has 5 heteroatoms. The Hall–Kier alpha value is -0.490. The van der Waals surface area contributed by atoms with E-state index in [0.29, 0.717) is 13.2 Å². The summed E-state index contributed by atoms with van der Waals surface area (Å²) in [6.45, 7) is 2.24. The molecule has 1 aromatic heterocycles. The minimum atomic E-state index is -0.177. The molecule has 0 aromatic carbocycles. The zero-order valence-corrected chi connectivity index (χ0v) is 9.21. The monoisotopic (exact) mass is 214 g/mol. The molecule has 1 aromatic rings. The van der Waals surface area contributed by atoms with Crippen molar-refractivity contribution in [3.63, 3.8) is 0 Å². The SMILES string of the molecule is CN(C)Cc1ncc(C2OCCO2)s1. The summed E-state index contributed by atoms with van der Waals surface area (Å²) in [5, 5.41) is 1.10. The number of ether oxygens (including phenoxy) is 2. The van der Waals surface area contributed by atoms with Gasteiger partial charge in [-0.25, -0.2) is 4.98 Å². The number of hydrogen-bond acceptors (Lipinski definition) is 5. The lowest BCUT2D eigenvalue weighted by Crippen LogP contribution is -2.09. The molecule has 1 aliphatic heterocycles. The van der Waals surface area contributed by atoms with E-state index in [1.54, 1.807) is 11.3 Å². The Balaban J connectivity index is 2.01. The summed E-state index contributed by atoms with van der Waals surface area (Å²) < 4.78 is 10.8. The third-order valence-electron chi connectivity index (χ3n) is 1.88. The van der Waals surface area contributed by atoms with Gasteiger partial charge in [0, 0.05) is 12.7 Å². The first-order valence-corrected chi connectivity index (χ1v) is 5.40. The molecule has 0 bridgehead atoms. The van der Waals surface area contributed by atoms with Crippen LogP contribution in [0, 0.1) is 0 Å². The second-order valence-corrected chi connectivity index (χ2v) is 4.61. The lowest BCUT2D eigenvalue weighted by atomic mass is 10.5. The van der Waals surface area contributed by atoms with Gasteiger partial charge in [-0.3, -0.25) is 0 Å². The van der Waals surface area contributed by atoms with E-state index in [2.05, 4.69) is 9.88 Å². The van der Waals surface area contributed by atoms with Crippen LogP contribution in [0.5, 0.6) is 0 Å². The van der Waals surface area contributed by atoms with Crippen molar-refractivity contribution < 1.29 is 9.47 Å². The minimum absolute atomic E-state index is 0.177. The van der Waals surface area contributed by atoms with Crippen LogP contribution >= 0.6 is 11.3 Å². The third-order valence-corrected chi connectivity index (χ3v) is 2.88. The molecule has 0 atom stereocenters. The molecule has 2 rings (SSSR count). The van der Waals surface area contributed by atoms with E-state index >= 15 is 0 Å². The second kappa shape index (κ2) is 4.35. The van der Waals surface area contributed by atoms with Crippen molar-refractivity contribution in [2.24, 2.45) is 0 Å². The number of nitrogens with zero attached hydrogens (tertiary/aromatic N) is 2. The van der Waals surface area contributed by atoms with Gasteiger partial charge in [0.1, 0.15) is 5.01 Å². The third kappa shape index (κ3) is 2.30. The topological polar surface area (TPSA) is 34.6 Å².